The van der Waals surface area contributed by atoms with E-state index in [9.17, 15) is 4.79 Å². The minimum atomic E-state index is -0.222. The van der Waals surface area contributed by atoms with Gasteiger partial charge in [-0.1, -0.05) is 6.92 Å². The number of nitrogens with one attached hydrogen (secondary N) is 2. The third-order valence-electron chi connectivity index (χ3n) is 2.72. The topological polar surface area (TPSA) is 88.5 Å². The first-order chi connectivity index (χ1) is 8.61. The van der Waals surface area contributed by atoms with Crippen LogP contribution in [-0.4, -0.2) is 30.9 Å². The largest absolute Gasteiger partial charge is 0.341 e. The second-order valence-electron chi connectivity index (χ2n) is 4.06. The number of aromatic nitrogens is 5. The van der Waals surface area contributed by atoms with Gasteiger partial charge in [-0.05, 0) is 19.4 Å². The molecule has 0 fully saturated rings. The summed E-state index contributed by atoms with van der Waals surface area (Å²) >= 11 is 0. The van der Waals surface area contributed by atoms with Crippen LogP contribution in [0, 0.1) is 0 Å². The van der Waals surface area contributed by atoms with Crippen LogP contribution in [0.1, 0.15) is 41.9 Å². The summed E-state index contributed by atoms with van der Waals surface area (Å²) in [7, 11) is 1.76. The Morgan fingerprint density at radius 2 is 2.39 bits per heavy atom. The molecule has 0 saturated heterocycles. The van der Waals surface area contributed by atoms with Crippen molar-refractivity contribution in [3.05, 3.63) is 29.6 Å². The van der Waals surface area contributed by atoms with Crippen molar-refractivity contribution < 1.29 is 4.79 Å². The van der Waals surface area contributed by atoms with Crippen molar-refractivity contribution in [2.45, 2.75) is 26.3 Å². The summed E-state index contributed by atoms with van der Waals surface area (Å²) in [6, 6.07) is 1.57. The summed E-state index contributed by atoms with van der Waals surface area (Å²) in [5, 5.41) is 13.6. The molecular weight excluding hydrogens is 232 g/mol. The van der Waals surface area contributed by atoms with E-state index in [1.165, 1.54) is 6.33 Å². The molecule has 18 heavy (non-hydrogen) atoms. The van der Waals surface area contributed by atoms with Crippen LogP contribution in [0.5, 0.6) is 0 Å². The van der Waals surface area contributed by atoms with Gasteiger partial charge in [-0.15, -0.1) is 0 Å². The van der Waals surface area contributed by atoms with Crippen molar-refractivity contribution in [1.29, 1.82) is 0 Å². The minimum Gasteiger partial charge on any atom is -0.341 e. The van der Waals surface area contributed by atoms with E-state index < -0.39 is 0 Å². The van der Waals surface area contributed by atoms with Gasteiger partial charge in [-0.3, -0.25) is 14.6 Å². The van der Waals surface area contributed by atoms with Crippen LogP contribution in [0.3, 0.4) is 0 Å². The van der Waals surface area contributed by atoms with Gasteiger partial charge in [0.1, 0.15) is 17.8 Å². The van der Waals surface area contributed by atoms with E-state index in [-0.39, 0.29) is 11.9 Å². The van der Waals surface area contributed by atoms with Gasteiger partial charge in [-0.2, -0.15) is 10.2 Å². The number of aromatic amines is 1. The molecule has 0 aliphatic carbocycles. The third-order valence-corrected chi connectivity index (χ3v) is 2.72. The van der Waals surface area contributed by atoms with E-state index >= 15 is 0 Å². The molecule has 2 aromatic heterocycles. The van der Waals surface area contributed by atoms with Gasteiger partial charge >= 0.3 is 0 Å². The Kier molecular flexibility index (Phi) is 3.40. The number of carbonyl (C=O) groups excluding carboxylic acids is 1. The maximum atomic E-state index is 12.1. The van der Waals surface area contributed by atoms with E-state index in [2.05, 4.69) is 25.6 Å². The fraction of sp³-hybridized carbons (Fsp3) is 0.455. The molecule has 0 aliphatic rings. The number of rotatable bonds is 4. The molecule has 1 amide bonds. The van der Waals surface area contributed by atoms with Gasteiger partial charge < -0.3 is 5.32 Å². The quantitative estimate of drug-likeness (QED) is 0.829. The van der Waals surface area contributed by atoms with E-state index in [1.807, 2.05) is 13.8 Å². The Hall–Kier alpha value is -2.18. The second kappa shape index (κ2) is 4.99. The summed E-state index contributed by atoms with van der Waals surface area (Å²) in [6.45, 7) is 3.84. The Balaban J connectivity index is 2.09. The van der Waals surface area contributed by atoms with E-state index in [0.717, 1.165) is 12.1 Å². The molecule has 0 aliphatic heterocycles. The third kappa shape index (κ3) is 2.39. The van der Waals surface area contributed by atoms with Crippen molar-refractivity contribution in [2.75, 3.05) is 0 Å². The van der Waals surface area contributed by atoms with Gasteiger partial charge in [0.05, 0.1) is 11.7 Å². The molecule has 2 rings (SSSR count). The van der Waals surface area contributed by atoms with Crippen LogP contribution in [0.25, 0.3) is 0 Å². The Labute approximate surface area is 105 Å². The molecule has 7 heteroatoms. The number of amides is 1. The van der Waals surface area contributed by atoms with Gasteiger partial charge in [0.2, 0.25) is 0 Å². The predicted octanol–water partition coefficient (Wildman–Crippen LogP) is 0.592. The van der Waals surface area contributed by atoms with Crippen molar-refractivity contribution in [3.63, 3.8) is 0 Å². The number of aryl methyl sites for hydroxylation is 2. The average Bonchev–Trinajstić information content (AvgIpc) is 2.97. The zero-order valence-corrected chi connectivity index (χ0v) is 10.6. The summed E-state index contributed by atoms with van der Waals surface area (Å²) in [4.78, 5) is 16.1. The zero-order valence-electron chi connectivity index (χ0n) is 10.6. The lowest BCUT2D eigenvalue weighted by molar-refractivity contribution is 0.0929. The van der Waals surface area contributed by atoms with Crippen LogP contribution in [0.2, 0.25) is 0 Å². The highest BCUT2D eigenvalue weighted by atomic mass is 16.2. The number of nitrogens with zero attached hydrogens (tertiary/aromatic N) is 4. The molecule has 0 radical (unpaired) electrons. The molecule has 0 spiro atoms. The molecule has 2 N–H and O–H groups in total. The number of hydrogen-bond acceptors (Lipinski definition) is 4. The smallest absolute Gasteiger partial charge is 0.270 e. The molecule has 7 nitrogen and oxygen atoms in total. The van der Waals surface area contributed by atoms with Crippen LogP contribution in [0.4, 0.5) is 0 Å². The maximum Gasteiger partial charge on any atom is 0.270 e. The fourth-order valence-corrected chi connectivity index (χ4v) is 1.67. The number of H-pyrrole nitrogens is 1. The minimum absolute atomic E-state index is 0.173. The van der Waals surface area contributed by atoms with Crippen molar-refractivity contribution in [1.82, 2.24) is 30.3 Å². The lowest BCUT2D eigenvalue weighted by Crippen LogP contribution is -2.29. The van der Waals surface area contributed by atoms with Crippen LogP contribution in [-0.2, 0) is 13.5 Å². The van der Waals surface area contributed by atoms with Gasteiger partial charge in [0, 0.05) is 7.05 Å². The summed E-state index contributed by atoms with van der Waals surface area (Å²) in [5.74, 6) is 0.454. The van der Waals surface area contributed by atoms with Crippen molar-refractivity contribution >= 4 is 5.91 Å². The first-order valence-corrected chi connectivity index (χ1v) is 5.80. The molecule has 0 aromatic carbocycles. The monoisotopic (exact) mass is 248 g/mol. The van der Waals surface area contributed by atoms with Gasteiger partial charge in [0.25, 0.3) is 5.91 Å². The molecule has 96 valence electrons. The van der Waals surface area contributed by atoms with E-state index in [0.29, 0.717) is 11.5 Å². The Morgan fingerprint density at radius 3 is 2.94 bits per heavy atom. The highest BCUT2D eigenvalue weighted by Gasteiger charge is 2.17. The highest BCUT2D eigenvalue weighted by molar-refractivity contribution is 5.92. The van der Waals surface area contributed by atoms with Gasteiger partial charge in [0.15, 0.2) is 0 Å². The van der Waals surface area contributed by atoms with Crippen molar-refractivity contribution in [3.8, 4) is 0 Å². The SMILES string of the molecule is CCc1cc(C(=O)NC(C)c2ncn[nH]2)n(C)n1. The highest BCUT2D eigenvalue weighted by Crippen LogP contribution is 2.08. The second-order valence-corrected chi connectivity index (χ2v) is 4.06. The first-order valence-electron chi connectivity index (χ1n) is 5.80. The molecule has 0 saturated carbocycles. The molecule has 1 atom stereocenters. The molecule has 2 aromatic rings. The molecular formula is C11H16N6O. The van der Waals surface area contributed by atoms with Crippen LogP contribution < -0.4 is 5.32 Å². The van der Waals surface area contributed by atoms with Crippen LogP contribution in [0.15, 0.2) is 12.4 Å². The molecule has 2 heterocycles. The van der Waals surface area contributed by atoms with E-state index in [1.54, 1.807) is 17.8 Å². The lowest BCUT2D eigenvalue weighted by atomic mass is 10.2. The fourth-order valence-electron chi connectivity index (χ4n) is 1.67. The van der Waals surface area contributed by atoms with Crippen LogP contribution >= 0.6 is 0 Å². The number of hydrogen-bond donors (Lipinski definition) is 2. The lowest BCUT2D eigenvalue weighted by Gasteiger charge is -2.10. The number of carbonyl (C=O) groups is 1. The normalized spacial score (nSPS) is 12.4. The zero-order chi connectivity index (χ0) is 13.1. The van der Waals surface area contributed by atoms with Crippen molar-refractivity contribution in [2.24, 2.45) is 7.05 Å². The van der Waals surface area contributed by atoms with E-state index in [4.69, 9.17) is 0 Å². The van der Waals surface area contributed by atoms with Gasteiger partial charge in [-0.25, -0.2) is 4.98 Å². The summed E-state index contributed by atoms with van der Waals surface area (Å²) in [5.41, 5.74) is 1.44. The summed E-state index contributed by atoms with van der Waals surface area (Å²) in [6.07, 6.45) is 2.22. The summed E-state index contributed by atoms with van der Waals surface area (Å²) < 4.78 is 1.58. The molecule has 0 bridgehead atoms. The predicted molar refractivity (Wildman–Crippen MR) is 64.8 cm³/mol. The Bertz CT molecular complexity index is 530. The average molecular weight is 248 g/mol. The molecule has 1 unspecified atom stereocenters. The maximum absolute atomic E-state index is 12.1. The standard InChI is InChI=1S/C11H16N6O/c1-4-8-5-9(17(3)16-8)11(18)14-7(2)10-12-6-13-15-10/h5-7H,4H2,1-3H3,(H,14,18)(H,12,13,15). The first kappa shape index (κ1) is 12.3. The Morgan fingerprint density at radius 1 is 1.61 bits per heavy atom.